The fraction of sp³-hybridized carbons (Fsp3) is 0.235. The summed E-state index contributed by atoms with van der Waals surface area (Å²) >= 11 is 0. The van der Waals surface area contributed by atoms with Crippen LogP contribution in [0.25, 0.3) is 0 Å². The van der Waals surface area contributed by atoms with Crippen LogP contribution in [0.2, 0.25) is 0 Å². The number of carbonyl (C=O) groups is 1. The van der Waals surface area contributed by atoms with Crippen LogP contribution in [-0.4, -0.2) is 12.6 Å². The van der Waals surface area contributed by atoms with Crippen LogP contribution in [0.15, 0.2) is 48.5 Å². The summed E-state index contributed by atoms with van der Waals surface area (Å²) in [6.45, 7) is 4.28. The van der Waals surface area contributed by atoms with Crippen molar-refractivity contribution in [2.45, 2.75) is 20.3 Å². The lowest BCUT2D eigenvalue weighted by Gasteiger charge is -2.09. The molecule has 0 spiro atoms. The van der Waals surface area contributed by atoms with E-state index in [1.807, 2.05) is 43.3 Å². The van der Waals surface area contributed by atoms with Crippen molar-refractivity contribution < 1.29 is 9.53 Å². The van der Waals surface area contributed by atoms with Gasteiger partial charge < -0.3 is 4.74 Å². The molecule has 0 saturated heterocycles. The highest BCUT2D eigenvalue weighted by atomic mass is 16.5. The smallest absolute Gasteiger partial charge is 0.338 e. The van der Waals surface area contributed by atoms with Crippen LogP contribution in [0, 0.1) is 6.92 Å². The van der Waals surface area contributed by atoms with Gasteiger partial charge in [0.2, 0.25) is 0 Å². The van der Waals surface area contributed by atoms with E-state index in [0.717, 1.165) is 12.0 Å². The second-order valence-electron chi connectivity index (χ2n) is 4.52. The molecular weight excluding hydrogens is 236 g/mol. The van der Waals surface area contributed by atoms with Crippen molar-refractivity contribution in [1.29, 1.82) is 0 Å². The molecule has 0 aliphatic rings. The SMILES string of the molecule is CCOC(=O)c1ccc(C)c(Cc2ccccc2)c1. The van der Waals surface area contributed by atoms with Crippen LogP contribution in [0.4, 0.5) is 0 Å². The molecule has 0 aliphatic heterocycles. The number of rotatable bonds is 4. The first-order valence-corrected chi connectivity index (χ1v) is 6.51. The molecule has 0 aromatic heterocycles. The highest BCUT2D eigenvalue weighted by Crippen LogP contribution is 2.16. The minimum absolute atomic E-state index is 0.253. The highest BCUT2D eigenvalue weighted by molar-refractivity contribution is 5.89. The number of hydrogen-bond acceptors (Lipinski definition) is 2. The first-order chi connectivity index (χ1) is 9.20. The van der Waals surface area contributed by atoms with Crippen molar-refractivity contribution >= 4 is 5.97 Å². The number of benzene rings is 2. The van der Waals surface area contributed by atoms with Crippen molar-refractivity contribution in [3.63, 3.8) is 0 Å². The van der Waals surface area contributed by atoms with Crippen molar-refractivity contribution in [3.8, 4) is 0 Å². The third-order valence-electron chi connectivity index (χ3n) is 3.10. The summed E-state index contributed by atoms with van der Waals surface area (Å²) in [4.78, 5) is 11.7. The van der Waals surface area contributed by atoms with Gasteiger partial charge in [-0.15, -0.1) is 0 Å². The predicted molar refractivity (Wildman–Crippen MR) is 76.4 cm³/mol. The molecule has 2 rings (SSSR count). The van der Waals surface area contributed by atoms with Crippen molar-refractivity contribution in [1.82, 2.24) is 0 Å². The number of ether oxygens (including phenoxy) is 1. The second kappa shape index (κ2) is 6.19. The molecule has 0 radical (unpaired) electrons. The molecule has 0 unspecified atom stereocenters. The van der Waals surface area contributed by atoms with E-state index < -0.39 is 0 Å². The molecule has 2 nitrogen and oxygen atoms in total. The maximum atomic E-state index is 11.7. The van der Waals surface area contributed by atoms with E-state index >= 15 is 0 Å². The molecule has 0 bridgehead atoms. The van der Waals surface area contributed by atoms with E-state index in [-0.39, 0.29) is 5.97 Å². The Labute approximate surface area is 114 Å². The van der Waals surface area contributed by atoms with Gasteiger partial charge in [-0.05, 0) is 49.1 Å². The quantitative estimate of drug-likeness (QED) is 0.776. The lowest BCUT2D eigenvalue weighted by Crippen LogP contribution is -2.06. The fourth-order valence-corrected chi connectivity index (χ4v) is 2.02. The summed E-state index contributed by atoms with van der Waals surface area (Å²) in [5.74, 6) is -0.253. The topological polar surface area (TPSA) is 26.3 Å². The van der Waals surface area contributed by atoms with Crippen LogP contribution in [0.3, 0.4) is 0 Å². The average Bonchev–Trinajstić information content (AvgIpc) is 2.42. The lowest BCUT2D eigenvalue weighted by molar-refractivity contribution is 0.0526. The Bertz CT molecular complexity index is 559. The molecule has 2 heteroatoms. The van der Waals surface area contributed by atoms with Gasteiger partial charge in [0.1, 0.15) is 0 Å². The largest absolute Gasteiger partial charge is 0.462 e. The Morgan fingerprint density at radius 3 is 2.53 bits per heavy atom. The van der Waals surface area contributed by atoms with E-state index in [2.05, 4.69) is 19.1 Å². The monoisotopic (exact) mass is 254 g/mol. The van der Waals surface area contributed by atoms with Gasteiger partial charge in [0.25, 0.3) is 0 Å². The van der Waals surface area contributed by atoms with Crippen LogP contribution < -0.4 is 0 Å². The summed E-state index contributed by atoms with van der Waals surface area (Å²) in [5, 5.41) is 0. The summed E-state index contributed by atoms with van der Waals surface area (Å²) in [5.41, 5.74) is 4.22. The molecule has 0 amide bonds. The van der Waals surface area contributed by atoms with E-state index in [1.54, 1.807) is 0 Å². The van der Waals surface area contributed by atoms with Crippen molar-refractivity contribution in [2.75, 3.05) is 6.61 Å². The molecule has 0 N–H and O–H groups in total. The van der Waals surface area contributed by atoms with Gasteiger partial charge >= 0.3 is 5.97 Å². The molecule has 2 aromatic carbocycles. The van der Waals surface area contributed by atoms with Gasteiger partial charge in [-0.25, -0.2) is 4.79 Å². The molecule has 19 heavy (non-hydrogen) atoms. The number of esters is 1. The Hall–Kier alpha value is -2.09. The van der Waals surface area contributed by atoms with Gasteiger partial charge in [-0.3, -0.25) is 0 Å². The molecule has 0 fully saturated rings. The van der Waals surface area contributed by atoms with Gasteiger partial charge in [-0.1, -0.05) is 36.4 Å². The Morgan fingerprint density at radius 1 is 1.11 bits per heavy atom. The van der Waals surface area contributed by atoms with E-state index in [0.29, 0.717) is 12.2 Å². The fourth-order valence-electron chi connectivity index (χ4n) is 2.02. The Balaban J connectivity index is 2.25. The van der Waals surface area contributed by atoms with Crippen molar-refractivity contribution in [2.24, 2.45) is 0 Å². The summed E-state index contributed by atoms with van der Waals surface area (Å²) in [7, 11) is 0. The molecule has 2 aromatic rings. The summed E-state index contributed by atoms with van der Waals surface area (Å²) < 4.78 is 5.03. The standard InChI is InChI=1S/C17H18O2/c1-3-19-17(18)15-10-9-13(2)16(12-15)11-14-7-5-4-6-8-14/h4-10,12H,3,11H2,1-2H3. The Kier molecular flexibility index (Phi) is 4.35. The normalized spacial score (nSPS) is 10.2. The predicted octanol–water partition coefficient (Wildman–Crippen LogP) is 3.76. The average molecular weight is 254 g/mol. The molecule has 0 heterocycles. The lowest BCUT2D eigenvalue weighted by atomic mass is 9.98. The number of aryl methyl sites for hydroxylation is 1. The number of hydrogen-bond donors (Lipinski definition) is 0. The zero-order chi connectivity index (χ0) is 13.7. The zero-order valence-corrected chi connectivity index (χ0v) is 11.3. The molecule has 0 saturated carbocycles. The van der Waals surface area contributed by atoms with E-state index in [9.17, 15) is 4.79 Å². The maximum Gasteiger partial charge on any atom is 0.338 e. The first-order valence-electron chi connectivity index (χ1n) is 6.51. The summed E-state index contributed by atoms with van der Waals surface area (Å²) in [6, 6.07) is 16.0. The third kappa shape index (κ3) is 3.44. The Morgan fingerprint density at radius 2 is 1.84 bits per heavy atom. The highest BCUT2D eigenvalue weighted by Gasteiger charge is 2.09. The first kappa shape index (κ1) is 13.3. The second-order valence-corrected chi connectivity index (χ2v) is 4.52. The van der Waals surface area contributed by atoms with E-state index in [1.165, 1.54) is 11.1 Å². The van der Waals surface area contributed by atoms with Crippen LogP contribution >= 0.6 is 0 Å². The van der Waals surface area contributed by atoms with Gasteiger partial charge in [-0.2, -0.15) is 0 Å². The minimum atomic E-state index is -0.253. The van der Waals surface area contributed by atoms with E-state index in [4.69, 9.17) is 4.74 Å². The summed E-state index contributed by atoms with van der Waals surface area (Å²) in [6.07, 6.45) is 0.833. The van der Waals surface area contributed by atoms with Gasteiger partial charge in [0.05, 0.1) is 12.2 Å². The molecule has 98 valence electrons. The number of carbonyl (C=O) groups excluding carboxylic acids is 1. The minimum Gasteiger partial charge on any atom is -0.462 e. The van der Waals surface area contributed by atoms with Gasteiger partial charge in [0, 0.05) is 0 Å². The molecular formula is C17H18O2. The van der Waals surface area contributed by atoms with Crippen molar-refractivity contribution in [3.05, 3.63) is 70.8 Å². The van der Waals surface area contributed by atoms with Crippen LogP contribution in [0.1, 0.15) is 34.0 Å². The third-order valence-corrected chi connectivity index (χ3v) is 3.10. The molecule has 0 atom stereocenters. The van der Waals surface area contributed by atoms with Crippen LogP contribution in [-0.2, 0) is 11.2 Å². The van der Waals surface area contributed by atoms with Gasteiger partial charge in [0.15, 0.2) is 0 Å². The molecule has 0 aliphatic carbocycles. The zero-order valence-electron chi connectivity index (χ0n) is 11.3. The maximum absolute atomic E-state index is 11.7. The van der Waals surface area contributed by atoms with Crippen LogP contribution in [0.5, 0.6) is 0 Å².